The quantitative estimate of drug-likeness (QED) is 0.522. The highest BCUT2D eigenvalue weighted by atomic mass is 16.5. The van der Waals surface area contributed by atoms with E-state index in [1.165, 1.54) is 0 Å². The van der Waals surface area contributed by atoms with Gasteiger partial charge in [-0.3, -0.25) is 9.59 Å². The number of benzene rings is 1. The molecule has 0 radical (unpaired) electrons. The van der Waals surface area contributed by atoms with Gasteiger partial charge in [0.2, 0.25) is 0 Å². The fourth-order valence-corrected chi connectivity index (χ4v) is 1.62. The molecule has 0 saturated carbocycles. The summed E-state index contributed by atoms with van der Waals surface area (Å²) in [6, 6.07) is 4.82. The lowest BCUT2D eigenvalue weighted by atomic mass is 10.2. The summed E-state index contributed by atoms with van der Waals surface area (Å²) < 4.78 is 15.7. The first-order valence-corrected chi connectivity index (χ1v) is 6.81. The average molecular weight is 295 g/mol. The summed E-state index contributed by atoms with van der Waals surface area (Å²) in [4.78, 5) is 22.3. The van der Waals surface area contributed by atoms with Crippen LogP contribution in [0.4, 0.5) is 0 Å². The molecule has 0 atom stereocenters. The van der Waals surface area contributed by atoms with Gasteiger partial charge in [-0.25, -0.2) is 0 Å². The molecule has 0 heterocycles. The molecule has 0 aliphatic carbocycles. The molecule has 0 fully saturated rings. The van der Waals surface area contributed by atoms with Crippen LogP contribution in [0.2, 0.25) is 0 Å². The van der Waals surface area contributed by atoms with Crippen molar-refractivity contribution in [2.75, 3.05) is 33.5 Å². The maximum absolute atomic E-state index is 11.6. The number of carbonyl (C=O) groups excluding carboxylic acids is 2. The normalized spacial score (nSPS) is 10.0. The third kappa shape index (κ3) is 6.27. The molecule has 1 N–H and O–H groups in total. The number of methoxy groups -OCH3 is 1. The van der Waals surface area contributed by atoms with E-state index in [2.05, 4.69) is 5.32 Å². The summed E-state index contributed by atoms with van der Waals surface area (Å²) >= 11 is 0. The molecule has 0 unspecified atom stereocenters. The van der Waals surface area contributed by atoms with Crippen molar-refractivity contribution in [3.05, 3.63) is 23.8 Å². The minimum Gasteiger partial charge on any atom is -0.490 e. The Hall–Kier alpha value is -2.08. The predicted molar refractivity (Wildman–Crippen MR) is 78.0 cm³/mol. The van der Waals surface area contributed by atoms with Gasteiger partial charge >= 0.3 is 0 Å². The molecule has 1 aromatic rings. The minimum atomic E-state index is -0.215. The van der Waals surface area contributed by atoms with Gasteiger partial charge in [0.25, 0.3) is 5.91 Å². The zero-order valence-corrected chi connectivity index (χ0v) is 12.4. The van der Waals surface area contributed by atoms with Crippen LogP contribution in [0.3, 0.4) is 0 Å². The Bertz CT molecular complexity index is 461. The third-order valence-corrected chi connectivity index (χ3v) is 2.61. The van der Waals surface area contributed by atoms with Gasteiger partial charge in [0.05, 0.1) is 6.61 Å². The van der Waals surface area contributed by atoms with Crippen molar-refractivity contribution in [3.63, 3.8) is 0 Å². The van der Waals surface area contributed by atoms with E-state index < -0.39 is 0 Å². The molecule has 0 spiro atoms. The van der Waals surface area contributed by atoms with Crippen LogP contribution in [-0.4, -0.2) is 45.7 Å². The summed E-state index contributed by atoms with van der Waals surface area (Å²) in [5.74, 6) is 0.678. The van der Waals surface area contributed by atoms with Gasteiger partial charge in [0.1, 0.15) is 6.29 Å². The molecule has 6 heteroatoms. The fourth-order valence-electron chi connectivity index (χ4n) is 1.62. The number of hydrogen-bond acceptors (Lipinski definition) is 5. The van der Waals surface area contributed by atoms with Crippen LogP contribution in [0.1, 0.15) is 23.7 Å². The van der Waals surface area contributed by atoms with Crippen LogP contribution in [0, 0.1) is 0 Å². The molecule has 6 nitrogen and oxygen atoms in total. The van der Waals surface area contributed by atoms with E-state index >= 15 is 0 Å². The lowest BCUT2D eigenvalue weighted by molar-refractivity contribution is -0.123. The van der Waals surface area contributed by atoms with Crippen molar-refractivity contribution in [1.29, 1.82) is 0 Å². The first-order chi connectivity index (χ1) is 10.2. The fraction of sp³-hybridized carbons (Fsp3) is 0.467. The Labute approximate surface area is 124 Å². The second-order valence-electron chi connectivity index (χ2n) is 4.24. The van der Waals surface area contributed by atoms with Gasteiger partial charge in [0.15, 0.2) is 18.1 Å². The van der Waals surface area contributed by atoms with Gasteiger partial charge in [-0.2, -0.15) is 0 Å². The molecule has 1 aromatic carbocycles. The van der Waals surface area contributed by atoms with E-state index in [0.717, 1.165) is 12.7 Å². The van der Waals surface area contributed by atoms with Crippen molar-refractivity contribution >= 4 is 12.2 Å². The van der Waals surface area contributed by atoms with E-state index in [4.69, 9.17) is 14.2 Å². The first-order valence-electron chi connectivity index (χ1n) is 6.81. The van der Waals surface area contributed by atoms with Gasteiger partial charge in [-0.15, -0.1) is 0 Å². The van der Waals surface area contributed by atoms with E-state index in [9.17, 15) is 9.59 Å². The molecular weight excluding hydrogens is 274 g/mol. The van der Waals surface area contributed by atoms with Crippen molar-refractivity contribution in [1.82, 2.24) is 5.32 Å². The Morgan fingerprint density at radius 2 is 2.10 bits per heavy atom. The van der Waals surface area contributed by atoms with Crippen LogP contribution in [0.25, 0.3) is 0 Å². The number of rotatable bonds is 10. The summed E-state index contributed by atoms with van der Waals surface area (Å²) in [6.45, 7) is 3.32. The second kappa shape index (κ2) is 9.77. The molecule has 116 valence electrons. The SMILES string of the molecule is CCOc1cc(C=O)ccc1OCC(=O)NCCCOC. The van der Waals surface area contributed by atoms with Gasteiger partial charge < -0.3 is 19.5 Å². The lowest BCUT2D eigenvalue weighted by Crippen LogP contribution is -2.30. The zero-order chi connectivity index (χ0) is 15.5. The average Bonchev–Trinajstić information content (AvgIpc) is 2.50. The number of nitrogens with one attached hydrogen (secondary N) is 1. The van der Waals surface area contributed by atoms with Crippen LogP contribution in [0.15, 0.2) is 18.2 Å². The lowest BCUT2D eigenvalue weighted by Gasteiger charge is -2.12. The Kier molecular flexibility index (Phi) is 7.89. The maximum Gasteiger partial charge on any atom is 0.257 e. The second-order valence-corrected chi connectivity index (χ2v) is 4.24. The Balaban J connectivity index is 2.50. The van der Waals surface area contributed by atoms with E-state index in [0.29, 0.717) is 36.8 Å². The van der Waals surface area contributed by atoms with Crippen LogP contribution in [-0.2, 0) is 9.53 Å². The smallest absolute Gasteiger partial charge is 0.257 e. The molecular formula is C15H21NO5. The molecule has 1 amide bonds. The first kappa shape index (κ1) is 17.0. The molecule has 0 aliphatic rings. The van der Waals surface area contributed by atoms with E-state index in [-0.39, 0.29) is 12.5 Å². The van der Waals surface area contributed by atoms with Crippen LogP contribution in [0.5, 0.6) is 11.5 Å². The standard InChI is InChI=1S/C15H21NO5/c1-3-20-14-9-12(10-17)5-6-13(14)21-11-15(18)16-7-4-8-19-2/h5-6,9-10H,3-4,7-8,11H2,1-2H3,(H,16,18). The predicted octanol–water partition coefficient (Wildman–Crippen LogP) is 1.43. The molecule has 0 aromatic heterocycles. The monoisotopic (exact) mass is 295 g/mol. The largest absolute Gasteiger partial charge is 0.490 e. The van der Waals surface area contributed by atoms with Crippen molar-refractivity contribution in [3.8, 4) is 11.5 Å². The molecule has 1 rings (SSSR count). The van der Waals surface area contributed by atoms with Crippen LogP contribution >= 0.6 is 0 Å². The maximum atomic E-state index is 11.6. The third-order valence-electron chi connectivity index (χ3n) is 2.61. The van der Waals surface area contributed by atoms with Gasteiger partial charge in [0, 0.05) is 25.8 Å². The van der Waals surface area contributed by atoms with Crippen molar-refractivity contribution in [2.24, 2.45) is 0 Å². The topological polar surface area (TPSA) is 73.9 Å². The van der Waals surface area contributed by atoms with Gasteiger partial charge in [-0.05, 0) is 31.5 Å². The van der Waals surface area contributed by atoms with Gasteiger partial charge in [-0.1, -0.05) is 0 Å². The van der Waals surface area contributed by atoms with Crippen molar-refractivity contribution in [2.45, 2.75) is 13.3 Å². The van der Waals surface area contributed by atoms with E-state index in [1.54, 1.807) is 25.3 Å². The molecule has 0 bridgehead atoms. The molecule has 0 aliphatic heterocycles. The Morgan fingerprint density at radius 3 is 2.76 bits per heavy atom. The highest BCUT2D eigenvalue weighted by Crippen LogP contribution is 2.27. The number of carbonyl (C=O) groups is 2. The molecule has 21 heavy (non-hydrogen) atoms. The summed E-state index contributed by atoms with van der Waals surface area (Å²) in [7, 11) is 1.61. The Morgan fingerprint density at radius 1 is 1.29 bits per heavy atom. The number of ether oxygens (including phenoxy) is 3. The summed E-state index contributed by atoms with van der Waals surface area (Å²) in [5, 5.41) is 2.72. The highest BCUT2D eigenvalue weighted by Gasteiger charge is 2.08. The number of hydrogen-bond donors (Lipinski definition) is 1. The van der Waals surface area contributed by atoms with E-state index in [1.807, 2.05) is 6.92 Å². The summed E-state index contributed by atoms with van der Waals surface area (Å²) in [5.41, 5.74) is 0.495. The highest BCUT2D eigenvalue weighted by molar-refractivity contribution is 5.78. The molecule has 0 saturated heterocycles. The minimum absolute atomic E-state index is 0.104. The number of amides is 1. The van der Waals surface area contributed by atoms with Crippen molar-refractivity contribution < 1.29 is 23.8 Å². The zero-order valence-electron chi connectivity index (χ0n) is 12.4. The summed E-state index contributed by atoms with van der Waals surface area (Å²) in [6.07, 6.45) is 1.48. The van der Waals surface area contributed by atoms with Crippen LogP contribution < -0.4 is 14.8 Å². The number of aldehydes is 1.